The van der Waals surface area contributed by atoms with Crippen molar-refractivity contribution in [2.45, 2.75) is 0 Å². The molecule has 80 valence electrons. The molecule has 1 N–H and O–H groups in total. The third-order valence-electron chi connectivity index (χ3n) is 2.37. The van der Waals surface area contributed by atoms with E-state index in [4.69, 9.17) is 14.2 Å². The summed E-state index contributed by atoms with van der Waals surface area (Å²) in [5, 5.41) is 0.982. The van der Waals surface area contributed by atoms with E-state index in [-0.39, 0.29) is 0 Å². The number of aromatic nitrogens is 1. The molecule has 2 rings (SSSR count). The molecule has 0 unspecified atom stereocenters. The van der Waals surface area contributed by atoms with Crippen LogP contribution in [0.2, 0.25) is 0 Å². The van der Waals surface area contributed by atoms with Gasteiger partial charge in [-0.2, -0.15) is 0 Å². The molecular formula is C11H13NO3. The molecule has 0 saturated carbocycles. The first kappa shape index (κ1) is 9.71. The molecule has 0 aliphatic heterocycles. The highest BCUT2D eigenvalue weighted by molar-refractivity contribution is 5.93. The van der Waals surface area contributed by atoms with Crippen LogP contribution in [0, 0.1) is 0 Å². The number of aromatic amines is 1. The number of rotatable bonds is 3. The monoisotopic (exact) mass is 207 g/mol. The summed E-state index contributed by atoms with van der Waals surface area (Å²) in [6.07, 6.45) is 1.84. The van der Waals surface area contributed by atoms with Crippen LogP contribution in [-0.4, -0.2) is 26.3 Å². The van der Waals surface area contributed by atoms with E-state index >= 15 is 0 Å². The Morgan fingerprint density at radius 1 is 1.00 bits per heavy atom. The Morgan fingerprint density at radius 3 is 2.33 bits per heavy atom. The van der Waals surface area contributed by atoms with Gasteiger partial charge in [-0.05, 0) is 6.07 Å². The van der Waals surface area contributed by atoms with Gasteiger partial charge in [0.25, 0.3) is 0 Å². The van der Waals surface area contributed by atoms with Crippen LogP contribution in [0.1, 0.15) is 0 Å². The third kappa shape index (κ3) is 1.38. The molecule has 0 saturated heterocycles. The predicted octanol–water partition coefficient (Wildman–Crippen LogP) is 2.19. The van der Waals surface area contributed by atoms with Gasteiger partial charge in [0.1, 0.15) is 5.75 Å². The molecule has 4 nitrogen and oxygen atoms in total. The number of H-pyrrole nitrogens is 1. The zero-order valence-electron chi connectivity index (χ0n) is 8.96. The van der Waals surface area contributed by atoms with Gasteiger partial charge >= 0.3 is 0 Å². The minimum absolute atomic E-state index is 0.657. The summed E-state index contributed by atoms with van der Waals surface area (Å²) < 4.78 is 15.8. The Kier molecular flexibility index (Phi) is 2.41. The van der Waals surface area contributed by atoms with Gasteiger partial charge in [-0.15, -0.1) is 0 Å². The third-order valence-corrected chi connectivity index (χ3v) is 2.37. The Hall–Kier alpha value is -1.84. The number of methoxy groups -OCH3 is 3. The Morgan fingerprint density at radius 2 is 1.73 bits per heavy atom. The van der Waals surface area contributed by atoms with Crippen LogP contribution >= 0.6 is 0 Å². The summed E-state index contributed by atoms with van der Waals surface area (Å²) >= 11 is 0. The van der Waals surface area contributed by atoms with Crippen LogP contribution in [0.4, 0.5) is 0 Å². The van der Waals surface area contributed by atoms with Crippen LogP contribution in [-0.2, 0) is 0 Å². The fourth-order valence-electron chi connectivity index (χ4n) is 1.67. The van der Waals surface area contributed by atoms with Gasteiger partial charge in [0.15, 0.2) is 11.5 Å². The zero-order chi connectivity index (χ0) is 10.8. The molecule has 0 fully saturated rings. The van der Waals surface area contributed by atoms with E-state index in [1.54, 1.807) is 21.3 Å². The maximum atomic E-state index is 5.30. The second-order valence-corrected chi connectivity index (χ2v) is 3.08. The van der Waals surface area contributed by atoms with Crippen molar-refractivity contribution in [3.8, 4) is 17.2 Å². The van der Waals surface area contributed by atoms with Crippen LogP contribution in [0.25, 0.3) is 10.9 Å². The lowest BCUT2D eigenvalue weighted by molar-refractivity contribution is 0.353. The number of nitrogens with one attached hydrogen (secondary N) is 1. The largest absolute Gasteiger partial charge is 0.496 e. The molecular weight excluding hydrogens is 194 g/mol. The summed E-state index contributed by atoms with van der Waals surface area (Å²) in [6.45, 7) is 0. The Labute approximate surface area is 87.8 Å². The zero-order valence-corrected chi connectivity index (χ0v) is 8.96. The van der Waals surface area contributed by atoms with Gasteiger partial charge < -0.3 is 19.2 Å². The van der Waals surface area contributed by atoms with Crippen molar-refractivity contribution in [1.29, 1.82) is 0 Å². The van der Waals surface area contributed by atoms with E-state index < -0.39 is 0 Å². The molecule has 1 aromatic carbocycles. The SMILES string of the molecule is COc1cc(OC)c2cc[nH]c2c1OC. The quantitative estimate of drug-likeness (QED) is 0.839. The molecule has 0 amide bonds. The minimum atomic E-state index is 0.657. The summed E-state index contributed by atoms with van der Waals surface area (Å²) in [5.74, 6) is 2.12. The maximum Gasteiger partial charge on any atom is 0.185 e. The topological polar surface area (TPSA) is 43.5 Å². The molecule has 0 bridgehead atoms. The van der Waals surface area contributed by atoms with E-state index in [0.29, 0.717) is 11.5 Å². The van der Waals surface area contributed by atoms with E-state index in [2.05, 4.69) is 4.98 Å². The highest BCUT2D eigenvalue weighted by Crippen LogP contribution is 2.40. The fourth-order valence-corrected chi connectivity index (χ4v) is 1.67. The van der Waals surface area contributed by atoms with Crippen LogP contribution in [0.3, 0.4) is 0 Å². The fraction of sp³-hybridized carbons (Fsp3) is 0.273. The van der Waals surface area contributed by atoms with Crippen molar-refractivity contribution in [2.75, 3.05) is 21.3 Å². The summed E-state index contributed by atoms with van der Waals surface area (Å²) in [6, 6.07) is 3.76. The van der Waals surface area contributed by atoms with Gasteiger partial charge in [-0.3, -0.25) is 0 Å². The Bertz CT molecular complexity index is 476. The first-order valence-electron chi connectivity index (χ1n) is 4.58. The molecule has 0 aliphatic rings. The van der Waals surface area contributed by atoms with E-state index in [1.807, 2.05) is 18.3 Å². The normalized spacial score (nSPS) is 10.3. The molecule has 0 radical (unpaired) electrons. The molecule has 4 heteroatoms. The number of ether oxygens (including phenoxy) is 3. The lowest BCUT2D eigenvalue weighted by atomic mass is 10.2. The second kappa shape index (κ2) is 3.73. The predicted molar refractivity (Wildman–Crippen MR) is 58.0 cm³/mol. The van der Waals surface area contributed by atoms with Crippen molar-refractivity contribution in [2.24, 2.45) is 0 Å². The van der Waals surface area contributed by atoms with Crippen LogP contribution in [0.5, 0.6) is 17.2 Å². The van der Waals surface area contributed by atoms with Crippen molar-refractivity contribution in [1.82, 2.24) is 4.98 Å². The van der Waals surface area contributed by atoms with Crippen LogP contribution in [0.15, 0.2) is 18.3 Å². The van der Waals surface area contributed by atoms with Crippen molar-refractivity contribution in [3.63, 3.8) is 0 Å². The molecule has 15 heavy (non-hydrogen) atoms. The van der Waals surface area contributed by atoms with Gasteiger partial charge in [-0.25, -0.2) is 0 Å². The van der Waals surface area contributed by atoms with Gasteiger partial charge in [0.05, 0.1) is 26.8 Å². The molecule has 2 aromatic rings. The van der Waals surface area contributed by atoms with Crippen molar-refractivity contribution >= 4 is 10.9 Å². The molecule has 0 atom stereocenters. The average molecular weight is 207 g/mol. The van der Waals surface area contributed by atoms with Gasteiger partial charge in [0, 0.05) is 17.6 Å². The lowest BCUT2D eigenvalue weighted by Crippen LogP contribution is -1.93. The molecule has 1 aromatic heterocycles. The second-order valence-electron chi connectivity index (χ2n) is 3.08. The lowest BCUT2D eigenvalue weighted by Gasteiger charge is -2.11. The first-order valence-corrected chi connectivity index (χ1v) is 4.58. The van der Waals surface area contributed by atoms with Gasteiger partial charge in [-0.1, -0.05) is 0 Å². The number of hydrogen-bond acceptors (Lipinski definition) is 3. The minimum Gasteiger partial charge on any atom is -0.496 e. The van der Waals surface area contributed by atoms with E-state index in [1.165, 1.54) is 0 Å². The first-order chi connectivity index (χ1) is 7.31. The summed E-state index contributed by atoms with van der Waals surface area (Å²) in [5.41, 5.74) is 0.883. The standard InChI is InChI=1S/C11H13NO3/c1-13-8-6-9(14-2)11(15-3)10-7(8)4-5-12-10/h4-6,12H,1-3H3. The van der Waals surface area contributed by atoms with Crippen molar-refractivity contribution < 1.29 is 14.2 Å². The number of hydrogen-bond donors (Lipinski definition) is 1. The molecule has 0 spiro atoms. The van der Waals surface area contributed by atoms with Crippen molar-refractivity contribution in [3.05, 3.63) is 18.3 Å². The number of fused-ring (bicyclic) bond motifs is 1. The highest BCUT2D eigenvalue weighted by Gasteiger charge is 2.14. The molecule has 0 aliphatic carbocycles. The summed E-state index contributed by atoms with van der Waals surface area (Å²) in [4.78, 5) is 3.10. The van der Waals surface area contributed by atoms with Crippen LogP contribution < -0.4 is 14.2 Å². The van der Waals surface area contributed by atoms with Gasteiger partial charge in [0.2, 0.25) is 0 Å². The molecule has 1 heterocycles. The summed E-state index contributed by atoms with van der Waals surface area (Å²) in [7, 11) is 4.85. The maximum absolute atomic E-state index is 5.30. The highest BCUT2D eigenvalue weighted by atomic mass is 16.5. The van der Waals surface area contributed by atoms with E-state index in [0.717, 1.165) is 16.7 Å². The van der Waals surface area contributed by atoms with E-state index in [9.17, 15) is 0 Å². The number of benzene rings is 1. The smallest absolute Gasteiger partial charge is 0.185 e. The Balaban J connectivity index is 2.78. The average Bonchev–Trinajstić information content (AvgIpc) is 2.75.